The average Bonchev–Trinajstić information content (AvgIpc) is 3.08. The molecule has 19 heavy (non-hydrogen) atoms. The van der Waals surface area contributed by atoms with E-state index in [0.717, 1.165) is 17.2 Å². The van der Waals surface area contributed by atoms with Crippen molar-refractivity contribution in [1.82, 2.24) is 15.0 Å². The summed E-state index contributed by atoms with van der Waals surface area (Å²) >= 11 is 1.59. The van der Waals surface area contributed by atoms with Gasteiger partial charge in [-0.2, -0.15) is 0 Å². The molecule has 0 amide bonds. The van der Waals surface area contributed by atoms with Gasteiger partial charge in [0.25, 0.3) is 0 Å². The lowest BCUT2D eigenvalue weighted by molar-refractivity contribution is 0.574. The van der Waals surface area contributed by atoms with Crippen LogP contribution < -0.4 is 10.0 Å². The second kappa shape index (κ2) is 6.78. The Morgan fingerprint density at radius 2 is 2.21 bits per heavy atom. The first-order chi connectivity index (χ1) is 9.05. The van der Waals surface area contributed by atoms with E-state index >= 15 is 0 Å². The van der Waals surface area contributed by atoms with Crippen LogP contribution in [0.15, 0.2) is 5.38 Å². The minimum Gasteiger partial charge on any atom is -0.314 e. The monoisotopic (exact) mass is 303 g/mol. The summed E-state index contributed by atoms with van der Waals surface area (Å²) in [6.45, 7) is 3.17. The van der Waals surface area contributed by atoms with E-state index < -0.39 is 10.0 Å². The SMILES string of the molecule is Cc1nc(CCNS(=O)(=O)CCCNC2CC2)cs1. The second-order valence-electron chi connectivity index (χ2n) is 4.90. The van der Waals surface area contributed by atoms with Crippen molar-refractivity contribution in [3.8, 4) is 0 Å². The predicted octanol–water partition coefficient (Wildman–Crippen LogP) is 1.06. The van der Waals surface area contributed by atoms with Crippen LogP contribution in [0, 0.1) is 6.92 Å². The van der Waals surface area contributed by atoms with Crippen LogP contribution in [0.1, 0.15) is 30.0 Å². The summed E-state index contributed by atoms with van der Waals surface area (Å²) in [5, 5.41) is 6.31. The summed E-state index contributed by atoms with van der Waals surface area (Å²) in [5.41, 5.74) is 0.959. The van der Waals surface area contributed by atoms with Crippen LogP contribution in [0.4, 0.5) is 0 Å². The highest BCUT2D eigenvalue weighted by atomic mass is 32.2. The van der Waals surface area contributed by atoms with Crippen LogP contribution >= 0.6 is 11.3 Å². The van der Waals surface area contributed by atoms with Crippen LogP contribution in [0.3, 0.4) is 0 Å². The summed E-state index contributed by atoms with van der Waals surface area (Å²) < 4.78 is 26.1. The lowest BCUT2D eigenvalue weighted by atomic mass is 10.3. The number of nitrogens with one attached hydrogen (secondary N) is 2. The molecule has 1 fully saturated rings. The fraction of sp³-hybridized carbons (Fsp3) is 0.750. The fourth-order valence-electron chi connectivity index (χ4n) is 1.79. The molecule has 2 N–H and O–H groups in total. The molecule has 1 heterocycles. The zero-order valence-corrected chi connectivity index (χ0v) is 12.8. The molecular formula is C12H21N3O2S2. The largest absolute Gasteiger partial charge is 0.314 e. The molecule has 7 heteroatoms. The maximum Gasteiger partial charge on any atom is 0.211 e. The van der Waals surface area contributed by atoms with Crippen molar-refractivity contribution in [2.45, 2.75) is 38.6 Å². The van der Waals surface area contributed by atoms with E-state index in [4.69, 9.17) is 0 Å². The maximum atomic E-state index is 11.7. The van der Waals surface area contributed by atoms with Crippen LogP contribution in [-0.2, 0) is 16.4 Å². The first kappa shape index (κ1) is 14.9. The molecule has 0 unspecified atom stereocenters. The average molecular weight is 303 g/mol. The summed E-state index contributed by atoms with van der Waals surface area (Å²) in [4.78, 5) is 4.31. The molecule has 0 atom stereocenters. The second-order valence-corrected chi connectivity index (χ2v) is 7.89. The van der Waals surface area contributed by atoms with Gasteiger partial charge in [-0.05, 0) is 32.7 Å². The number of aryl methyl sites for hydroxylation is 1. The van der Waals surface area contributed by atoms with Gasteiger partial charge in [-0.25, -0.2) is 18.1 Å². The van der Waals surface area contributed by atoms with Gasteiger partial charge in [0.1, 0.15) is 0 Å². The Balaban J connectivity index is 1.59. The highest BCUT2D eigenvalue weighted by Crippen LogP contribution is 2.18. The van der Waals surface area contributed by atoms with Gasteiger partial charge >= 0.3 is 0 Å². The Bertz CT molecular complexity index is 495. The molecule has 0 bridgehead atoms. The Labute approximate surface area is 118 Å². The fourth-order valence-corrected chi connectivity index (χ4v) is 3.51. The van der Waals surface area contributed by atoms with E-state index in [2.05, 4.69) is 15.0 Å². The molecule has 5 nitrogen and oxygen atoms in total. The molecule has 2 rings (SSSR count). The topological polar surface area (TPSA) is 71.1 Å². The maximum absolute atomic E-state index is 11.7. The quantitative estimate of drug-likeness (QED) is 0.669. The number of sulfonamides is 1. The van der Waals surface area contributed by atoms with Crippen molar-refractivity contribution in [2.24, 2.45) is 0 Å². The van der Waals surface area contributed by atoms with Crippen molar-refractivity contribution >= 4 is 21.4 Å². The van der Waals surface area contributed by atoms with E-state index in [1.165, 1.54) is 12.8 Å². The molecule has 1 aromatic rings. The standard InChI is InChI=1S/C12H21N3O2S2/c1-10-15-12(9-18-10)5-7-14-19(16,17)8-2-6-13-11-3-4-11/h9,11,13-14H,2-8H2,1H3. The highest BCUT2D eigenvalue weighted by molar-refractivity contribution is 7.89. The number of hydrogen-bond acceptors (Lipinski definition) is 5. The van der Waals surface area contributed by atoms with Gasteiger partial charge in [0.15, 0.2) is 0 Å². The van der Waals surface area contributed by atoms with E-state index in [0.29, 0.717) is 25.4 Å². The Hall–Kier alpha value is -0.500. The molecule has 0 saturated heterocycles. The van der Waals surface area contributed by atoms with Gasteiger partial charge in [0.2, 0.25) is 10.0 Å². The lowest BCUT2D eigenvalue weighted by Crippen LogP contribution is -2.30. The zero-order chi connectivity index (χ0) is 13.7. The van der Waals surface area contributed by atoms with E-state index in [1.807, 2.05) is 12.3 Å². The molecule has 1 aromatic heterocycles. The molecule has 1 aliphatic carbocycles. The Morgan fingerprint density at radius 1 is 1.42 bits per heavy atom. The Kier molecular flexibility index (Phi) is 5.32. The molecule has 1 saturated carbocycles. The molecule has 0 spiro atoms. The van der Waals surface area contributed by atoms with E-state index in [9.17, 15) is 8.42 Å². The Morgan fingerprint density at radius 3 is 2.84 bits per heavy atom. The first-order valence-electron chi connectivity index (χ1n) is 6.67. The molecule has 0 aromatic carbocycles. The van der Waals surface area contributed by atoms with Crippen molar-refractivity contribution in [3.63, 3.8) is 0 Å². The number of rotatable bonds is 9. The predicted molar refractivity (Wildman–Crippen MR) is 78.0 cm³/mol. The number of nitrogens with zero attached hydrogens (tertiary/aromatic N) is 1. The number of hydrogen-bond donors (Lipinski definition) is 2. The van der Waals surface area contributed by atoms with Crippen molar-refractivity contribution in [2.75, 3.05) is 18.8 Å². The smallest absolute Gasteiger partial charge is 0.211 e. The van der Waals surface area contributed by atoms with Crippen LogP contribution in [0.2, 0.25) is 0 Å². The van der Waals surface area contributed by atoms with Crippen molar-refractivity contribution < 1.29 is 8.42 Å². The van der Waals surface area contributed by atoms with Gasteiger partial charge in [-0.15, -0.1) is 11.3 Å². The zero-order valence-electron chi connectivity index (χ0n) is 11.2. The van der Waals surface area contributed by atoms with E-state index in [1.54, 1.807) is 11.3 Å². The summed E-state index contributed by atoms with van der Waals surface area (Å²) in [7, 11) is -3.14. The van der Waals surface area contributed by atoms with Crippen molar-refractivity contribution in [1.29, 1.82) is 0 Å². The molecule has 0 aliphatic heterocycles. The van der Waals surface area contributed by atoms with Crippen LogP contribution in [-0.4, -0.2) is 38.3 Å². The third-order valence-corrected chi connectivity index (χ3v) is 5.26. The minimum absolute atomic E-state index is 0.197. The third kappa shape index (κ3) is 5.99. The van der Waals surface area contributed by atoms with Gasteiger partial charge in [-0.3, -0.25) is 0 Å². The summed E-state index contributed by atoms with van der Waals surface area (Å²) in [5.74, 6) is 0.197. The van der Waals surface area contributed by atoms with Gasteiger partial charge in [0.05, 0.1) is 16.5 Å². The van der Waals surface area contributed by atoms with Crippen molar-refractivity contribution in [3.05, 3.63) is 16.1 Å². The van der Waals surface area contributed by atoms with Gasteiger partial charge in [0, 0.05) is 24.4 Å². The summed E-state index contributed by atoms with van der Waals surface area (Å²) in [6, 6.07) is 0.642. The van der Waals surface area contributed by atoms with Gasteiger partial charge in [-0.1, -0.05) is 0 Å². The van der Waals surface area contributed by atoms with Crippen LogP contribution in [0.25, 0.3) is 0 Å². The first-order valence-corrected chi connectivity index (χ1v) is 9.20. The van der Waals surface area contributed by atoms with Gasteiger partial charge < -0.3 is 5.32 Å². The van der Waals surface area contributed by atoms with Crippen LogP contribution in [0.5, 0.6) is 0 Å². The van der Waals surface area contributed by atoms with E-state index in [-0.39, 0.29) is 5.75 Å². The molecular weight excluding hydrogens is 282 g/mol. The highest BCUT2D eigenvalue weighted by Gasteiger charge is 2.20. The summed E-state index contributed by atoms with van der Waals surface area (Å²) in [6.07, 6.45) is 3.79. The number of thiazole rings is 1. The lowest BCUT2D eigenvalue weighted by Gasteiger charge is -2.06. The molecule has 0 radical (unpaired) electrons. The molecule has 1 aliphatic rings. The number of aromatic nitrogens is 1. The third-order valence-electron chi connectivity index (χ3n) is 2.97. The normalized spacial score (nSPS) is 15.8. The molecule has 108 valence electrons. The minimum atomic E-state index is -3.14.